The molecule has 0 saturated carbocycles. The average molecular weight is 501 g/mol. The first-order chi connectivity index (χ1) is 17.4. The maximum Gasteiger partial charge on any atom is 0.341 e. The summed E-state index contributed by atoms with van der Waals surface area (Å²) in [5.74, 6) is -0.731. The van der Waals surface area contributed by atoms with Gasteiger partial charge in [0.2, 0.25) is 0 Å². The van der Waals surface area contributed by atoms with Gasteiger partial charge in [0, 0.05) is 58.7 Å². The first kappa shape index (κ1) is 27.3. The predicted octanol–water partition coefficient (Wildman–Crippen LogP) is 2.46. The summed E-state index contributed by atoms with van der Waals surface area (Å²) in [6.07, 6.45) is 0. The first-order valence-electron chi connectivity index (χ1n) is 11.8. The molecule has 0 radical (unpaired) electrons. The number of para-hydroxylation sites is 2. The summed E-state index contributed by atoms with van der Waals surface area (Å²) in [7, 11) is 0. The number of ether oxygens (including phenoxy) is 3. The van der Waals surface area contributed by atoms with Gasteiger partial charge in [0.05, 0.1) is 6.61 Å². The van der Waals surface area contributed by atoms with E-state index in [1.807, 2.05) is 12.1 Å². The molecule has 1 aliphatic rings. The fraction of sp³-hybridized carbons (Fsp3) is 0.423. The fourth-order valence-corrected chi connectivity index (χ4v) is 3.67. The summed E-state index contributed by atoms with van der Waals surface area (Å²) in [5.41, 5.74) is 0.964. The van der Waals surface area contributed by atoms with Crippen LogP contribution < -0.4 is 9.47 Å². The maximum absolute atomic E-state index is 12.4. The zero-order chi connectivity index (χ0) is 25.8. The summed E-state index contributed by atoms with van der Waals surface area (Å²) in [5, 5.41) is 0. The minimum atomic E-state index is -0.516. The van der Waals surface area contributed by atoms with Crippen LogP contribution in [0.5, 0.6) is 11.5 Å². The van der Waals surface area contributed by atoms with Gasteiger partial charge in [0.1, 0.15) is 30.3 Å². The summed E-state index contributed by atoms with van der Waals surface area (Å²) < 4.78 is 15.6. The zero-order valence-electron chi connectivity index (χ0n) is 20.6. The molecule has 1 saturated heterocycles. The van der Waals surface area contributed by atoms with E-state index in [2.05, 4.69) is 9.80 Å². The van der Waals surface area contributed by atoms with E-state index in [1.165, 1.54) is 13.8 Å². The molecule has 2 aromatic rings. The Morgan fingerprint density at radius 3 is 1.94 bits per heavy atom. The predicted molar refractivity (Wildman–Crippen MR) is 129 cm³/mol. The Kier molecular flexibility index (Phi) is 10.8. The van der Waals surface area contributed by atoms with Crippen molar-refractivity contribution in [2.24, 2.45) is 0 Å². The largest absolute Gasteiger partial charge is 0.461 e. The molecule has 1 fully saturated rings. The maximum atomic E-state index is 12.4. The normalized spacial score (nSPS) is 14.3. The van der Waals surface area contributed by atoms with Crippen LogP contribution in [0, 0.1) is 0 Å². The van der Waals surface area contributed by atoms with Gasteiger partial charge in [-0.2, -0.15) is 0 Å². The van der Waals surface area contributed by atoms with Gasteiger partial charge in [-0.15, -0.1) is 0 Å². The van der Waals surface area contributed by atoms with E-state index in [1.54, 1.807) is 36.4 Å². The van der Waals surface area contributed by atoms with Gasteiger partial charge in [-0.25, -0.2) is 14.6 Å². The Morgan fingerprint density at radius 1 is 0.722 bits per heavy atom. The SMILES string of the molecule is CC(=O)Oc1ccccc1COOCCN1CCN(CCOC(=O)c2ccccc2OC(C)=O)CC1. The van der Waals surface area contributed by atoms with Crippen LogP contribution in [0.25, 0.3) is 0 Å². The molecule has 0 amide bonds. The van der Waals surface area contributed by atoms with Gasteiger partial charge in [-0.3, -0.25) is 19.4 Å². The lowest BCUT2D eigenvalue weighted by molar-refractivity contribution is -0.305. The van der Waals surface area contributed by atoms with E-state index in [4.69, 9.17) is 24.0 Å². The third-order valence-electron chi connectivity index (χ3n) is 5.48. The molecule has 0 aliphatic carbocycles. The Labute approximate surface area is 210 Å². The molecule has 0 spiro atoms. The van der Waals surface area contributed by atoms with Crippen LogP contribution in [0.1, 0.15) is 29.8 Å². The minimum Gasteiger partial charge on any atom is -0.461 e. The van der Waals surface area contributed by atoms with Crippen molar-refractivity contribution in [2.45, 2.75) is 20.5 Å². The molecule has 0 atom stereocenters. The third-order valence-corrected chi connectivity index (χ3v) is 5.48. The Morgan fingerprint density at radius 2 is 1.28 bits per heavy atom. The number of rotatable bonds is 12. The van der Waals surface area contributed by atoms with E-state index in [0.29, 0.717) is 18.9 Å². The molecule has 36 heavy (non-hydrogen) atoms. The second kappa shape index (κ2) is 14.3. The van der Waals surface area contributed by atoms with Gasteiger partial charge < -0.3 is 14.2 Å². The molecule has 1 aliphatic heterocycles. The molecule has 0 bridgehead atoms. The van der Waals surface area contributed by atoms with E-state index in [-0.39, 0.29) is 30.5 Å². The van der Waals surface area contributed by atoms with Crippen molar-refractivity contribution in [3.05, 3.63) is 59.7 Å². The molecule has 0 aromatic heterocycles. The van der Waals surface area contributed by atoms with Crippen molar-refractivity contribution < 1.29 is 38.4 Å². The second-order valence-corrected chi connectivity index (χ2v) is 8.19. The molecular formula is C26H32N2O8. The molecule has 10 heteroatoms. The van der Waals surface area contributed by atoms with Gasteiger partial charge in [-0.05, 0) is 18.2 Å². The number of hydrogen-bond donors (Lipinski definition) is 0. The van der Waals surface area contributed by atoms with Crippen molar-refractivity contribution in [3.63, 3.8) is 0 Å². The van der Waals surface area contributed by atoms with Crippen molar-refractivity contribution in [2.75, 3.05) is 52.5 Å². The van der Waals surface area contributed by atoms with E-state index >= 15 is 0 Å². The van der Waals surface area contributed by atoms with Crippen LogP contribution in [0.2, 0.25) is 0 Å². The van der Waals surface area contributed by atoms with Crippen LogP contribution in [0.15, 0.2) is 48.5 Å². The van der Waals surface area contributed by atoms with E-state index < -0.39 is 11.9 Å². The van der Waals surface area contributed by atoms with Crippen LogP contribution in [0.4, 0.5) is 0 Å². The molecular weight excluding hydrogens is 468 g/mol. The molecule has 0 N–H and O–H groups in total. The van der Waals surface area contributed by atoms with Crippen LogP contribution in [0.3, 0.4) is 0 Å². The zero-order valence-corrected chi connectivity index (χ0v) is 20.6. The number of carbonyl (C=O) groups excluding carboxylic acids is 3. The van der Waals surface area contributed by atoms with Gasteiger partial charge >= 0.3 is 17.9 Å². The Bertz CT molecular complexity index is 1020. The topological polar surface area (TPSA) is 104 Å². The number of nitrogens with zero attached hydrogens (tertiary/aromatic N) is 2. The molecule has 10 nitrogen and oxygen atoms in total. The summed E-state index contributed by atoms with van der Waals surface area (Å²) >= 11 is 0. The molecule has 3 rings (SSSR count). The smallest absolute Gasteiger partial charge is 0.341 e. The standard InChI is InChI=1S/C26H32N2O8/c1-20(29)35-24-9-5-3-7-22(24)19-34-33-18-16-28-13-11-27(12-14-28)15-17-32-26(31)23-8-4-6-10-25(23)36-21(2)30/h3-10H,11-19H2,1-2H3. The van der Waals surface area contributed by atoms with Crippen LogP contribution in [-0.2, 0) is 30.7 Å². The van der Waals surface area contributed by atoms with Crippen LogP contribution >= 0.6 is 0 Å². The van der Waals surface area contributed by atoms with E-state index in [0.717, 1.165) is 38.3 Å². The quantitative estimate of drug-likeness (QED) is 0.142. The van der Waals surface area contributed by atoms with Crippen molar-refractivity contribution in [1.29, 1.82) is 0 Å². The number of esters is 3. The molecule has 0 unspecified atom stereocenters. The number of hydrogen-bond acceptors (Lipinski definition) is 10. The Hall–Kier alpha value is -3.31. The highest BCUT2D eigenvalue weighted by molar-refractivity contribution is 5.93. The number of benzene rings is 2. The third kappa shape index (κ3) is 9.04. The van der Waals surface area contributed by atoms with Crippen LogP contribution in [-0.4, -0.2) is 80.2 Å². The second-order valence-electron chi connectivity index (χ2n) is 8.19. The fourth-order valence-electron chi connectivity index (χ4n) is 3.67. The van der Waals surface area contributed by atoms with Crippen molar-refractivity contribution in [1.82, 2.24) is 9.80 Å². The van der Waals surface area contributed by atoms with Gasteiger partial charge in [-0.1, -0.05) is 30.3 Å². The minimum absolute atomic E-state index is 0.182. The highest BCUT2D eigenvalue weighted by Gasteiger charge is 2.19. The first-order valence-corrected chi connectivity index (χ1v) is 11.8. The lowest BCUT2D eigenvalue weighted by Crippen LogP contribution is -2.48. The van der Waals surface area contributed by atoms with Crippen molar-refractivity contribution in [3.8, 4) is 11.5 Å². The number of carbonyl (C=O) groups is 3. The summed E-state index contributed by atoms with van der Waals surface area (Å²) in [6.45, 7) is 8.25. The highest BCUT2D eigenvalue weighted by atomic mass is 17.2. The molecule has 2 aromatic carbocycles. The summed E-state index contributed by atoms with van der Waals surface area (Å²) in [6, 6.07) is 13.7. The average Bonchev–Trinajstić information content (AvgIpc) is 2.85. The van der Waals surface area contributed by atoms with Crippen molar-refractivity contribution >= 4 is 17.9 Å². The summed E-state index contributed by atoms with van der Waals surface area (Å²) in [4.78, 5) is 49.9. The lowest BCUT2D eigenvalue weighted by Gasteiger charge is -2.34. The molecule has 194 valence electrons. The highest BCUT2D eigenvalue weighted by Crippen LogP contribution is 2.20. The van der Waals surface area contributed by atoms with Gasteiger partial charge in [0.15, 0.2) is 0 Å². The number of piperazine rings is 1. The van der Waals surface area contributed by atoms with Gasteiger partial charge in [0.25, 0.3) is 0 Å². The molecule has 1 heterocycles. The monoisotopic (exact) mass is 500 g/mol. The van der Waals surface area contributed by atoms with E-state index in [9.17, 15) is 14.4 Å². The Balaban J connectivity index is 1.28. The lowest BCUT2D eigenvalue weighted by atomic mass is 10.2.